The number of aliphatic hydroxyl groups is 1. The average molecular weight is 406 g/mol. The first-order valence-electron chi connectivity index (χ1n) is 8.85. The van der Waals surface area contributed by atoms with E-state index >= 15 is 0 Å². The van der Waals surface area contributed by atoms with Crippen molar-refractivity contribution in [1.29, 1.82) is 0 Å². The molecule has 0 spiro atoms. The number of aliphatic hydroxyl groups excluding tert-OH is 1. The maximum Gasteiger partial charge on any atom is 0.185 e. The predicted octanol–water partition coefficient (Wildman–Crippen LogP) is 3.28. The van der Waals surface area contributed by atoms with Crippen molar-refractivity contribution in [3.8, 4) is 0 Å². The molecule has 0 saturated carbocycles. The molecule has 1 heterocycles. The number of ether oxygens (including phenoxy) is 2. The first-order valence-corrected chi connectivity index (χ1v) is 10.7. The standard InChI is InChI=1S/C21H23FO5S/c1-21(2)19(14-7-9-17(10-8-14)28(3,24)25)18(20(27-21)26-12-11-23)15-5-4-6-16(22)13-15/h4-10,13,20,23H,11-12H2,1-3H3. The Bertz CT molecular complexity index is 994. The van der Waals surface area contributed by atoms with E-state index < -0.39 is 21.7 Å². The fraction of sp³-hybridized carbons (Fsp3) is 0.333. The molecule has 0 saturated heterocycles. The van der Waals surface area contributed by atoms with Gasteiger partial charge in [0.05, 0.1) is 23.7 Å². The molecule has 0 aliphatic carbocycles. The number of hydrogen-bond acceptors (Lipinski definition) is 5. The maximum absolute atomic E-state index is 13.9. The van der Waals surface area contributed by atoms with Gasteiger partial charge in [0, 0.05) is 11.8 Å². The highest BCUT2D eigenvalue weighted by molar-refractivity contribution is 7.90. The monoisotopic (exact) mass is 406 g/mol. The maximum atomic E-state index is 13.9. The van der Waals surface area contributed by atoms with Crippen molar-refractivity contribution in [1.82, 2.24) is 0 Å². The van der Waals surface area contributed by atoms with Gasteiger partial charge in [-0.3, -0.25) is 0 Å². The van der Waals surface area contributed by atoms with Crippen molar-refractivity contribution < 1.29 is 27.4 Å². The Kier molecular flexibility index (Phi) is 5.72. The Hall–Kier alpha value is -2.06. The summed E-state index contributed by atoms with van der Waals surface area (Å²) in [6.07, 6.45) is 0.370. The van der Waals surface area contributed by atoms with Crippen LogP contribution in [0.1, 0.15) is 25.0 Å². The summed E-state index contributed by atoms with van der Waals surface area (Å²) in [6, 6.07) is 12.6. The van der Waals surface area contributed by atoms with Crippen molar-refractivity contribution in [3.63, 3.8) is 0 Å². The van der Waals surface area contributed by atoms with Gasteiger partial charge in [-0.15, -0.1) is 0 Å². The van der Waals surface area contributed by atoms with E-state index in [2.05, 4.69) is 0 Å². The minimum atomic E-state index is -3.32. The van der Waals surface area contributed by atoms with Gasteiger partial charge in [-0.2, -0.15) is 0 Å². The highest BCUT2D eigenvalue weighted by atomic mass is 32.2. The minimum Gasteiger partial charge on any atom is -0.394 e. The fourth-order valence-corrected chi connectivity index (χ4v) is 4.04. The molecule has 1 atom stereocenters. The van der Waals surface area contributed by atoms with Crippen LogP contribution in [0, 0.1) is 5.82 Å². The van der Waals surface area contributed by atoms with Gasteiger partial charge in [-0.1, -0.05) is 24.3 Å². The van der Waals surface area contributed by atoms with Crippen LogP contribution < -0.4 is 0 Å². The van der Waals surface area contributed by atoms with Gasteiger partial charge in [-0.05, 0) is 54.8 Å². The van der Waals surface area contributed by atoms with Crippen molar-refractivity contribution in [2.24, 2.45) is 0 Å². The second-order valence-electron chi connectivity index (χ2n) is 7.15. The molecule has 0 radical (unpaired) electrons. The largest absolute Gasteiger partial charge is 0.394 e. The second-order valence-corrected chi connectivity index (χ2v) is 9.17. The van der Waals surface area contributed by atoms with Crippen molar-refractivity contribution in [2.45, 2.75) is 30.6 Å². The second kappa shape index (κ2) is 7.75. The Balaban J connectivity index is 2.19. The van der Waals surface area contributed by atoms with Gasteiger partial charge < -0.3 is 14.6 Å². The lowest BCUT2D eigenvalue weighted by Crippen LogP contribution is -2.26. The Morgan fingerprint density at radius 3 is 2.39 bits per heavy atom. The summed E-state index contributed by atoms with van der Waals surface area (Å²) < 4.78 is 49.2. The van der Waals surface area contributed by atoms with Crippen LogP contribution in [0.3, 0.4) is 0 Å². The lowest BCUT2D eigenvalue weighted by Gasteiger charge is -2.23. The zero-order valence-corrected chi connectivity index (χ0v) is 16.8. The van der Waals surface area contributed by atoms with Crippen molar-refractivity contribution in [3.05, 3.63) is 65.5 Å². The Morgan fingerprint density at radius 2 is 1.82 bits per heavy atom. The van der Waals surface area contributed by atoms with Gasteiger partial charge in [0.1, 0.15) is 5.82 Å². The molecule has 28 heavy (non-hydrogen) atoms. The van der Waals surface area contributed by atoms with Crippen molar-refractivity contribution in [2.75, 3.05) is 19.5 Å². The summed E-state index contributed by atoms with van der Waals surface area (Å²) in [5.74, 6) is -0.387. The smallest absolute Gasteiger partial charge is 0.185 e. The summed E-state index contributed by atoms with van der Waals surface area (Å²) in [5.41, 5.74) is 2.03. The van der Waals surface area contributed by atoms with Crippen LogP contribution in [-0.4, -0.2) is 44.9 Å². The van der Waals surface area contributed by atoms with E-state index in [4.69, 9.17) is 14.6 Å². The Morgan fingerprint density at radius 1 is 1.14 bits per heavy atom. The molecule has 7 heteroatoms. The van der Waals surface area contributed by atoms with Gasteiger partial charge in [0.2, 0.25) is 0 Å². The van der Waals surface area contributed by atoms with Gasteiger partial charge in [-0.25, -0.2) is 12.8 Å². The summed E-state index contributed by atoms with van der Waals surface area (Å²) in [6.45, 7) is 3.64. The van der Waals surface area contributed by atoms with E-state index in [9.17, 15) is 12.8 Å². The first kappa shape index (κ1) is 20.7. The van der Waals surface area contributed by atoms with Crippen molar-refractivity contribution >= 4 is 21.0 Å². The molecule has 5 nitrogen and oxygen atoms in total. The molecule has 3 rings (SSSR count). The topological polar surface area (TPSA) is 72.8 Å². The van der Waals surface area contributed by atoms with Gasteiger partial charge in [0.25, 0.3) is 0 Å². The molecule has 1 unspecified atom stereocenters. The highest BCUT2D eigenvalue weighted by Gasteiger charge is 2.42. The average Bonchev–Trinajstić information content (AvgIpc) is 2.89. The lowest BCUT2D eigenvalue weighted by molar-refractivity contribution is -0.141. The molecule has 0 bridgehead atoms. The molecule has 150 valence electrons. The van der Waals surface area contributed by atoms with E-state index in [1.165, 1.54) is 12.1 Å². The van der Waals surface area contributed by atoms with Gasteiger partial charge in [0.15, 0.2) is 16.1 Å². The SMILES string of the molecule is CC1(C)OC(OCCO)C(c2cccc(F)c2)=C1c1ccc(S(C)(=O)=O)cc1. The highest BCUT2D eigenvalue weighted by Crippen LogP contribution is 2.47. The number of halogens is 1. The van der Waals surface area contributed by atoms with E-state index in [-0.39, 0.29) is 23.9 Å². The molecule has 0 amide bonds. The first-order chi connectivity index (χ1) is 13.1. The van der Waals surface area contributed by atoms with E-state index in [0.29, 0.717) is 11.1 Å². The van der Waals surface area contributed by atoms with E-state index in [0.717, 1.165) is 17.4 Å². The summed E-state index contributed by atoms with van der Waals surface area (Å²) in [4.78, 5) is 0.217. The number of sulfone groups is 1. The van der Waals surface area contributed by atoms with Gasteiger partial charge >= 0.3 is 0 Å². The Labute approximate surface area is 164 Å². The molecule has 1 N–H and O–H groups in total. The molecule has 2 aromatic carbocycles. The zero-order valence-electron chi connectivity index (χ0n) is 16.0. The predicted molar refractivity (Wildman–Crippen MR) is 105 cm³/mol. The van der Waals surface area contributed by atoms with Crippen LogP contribution in [0.25, 0.3) is 11.1 Å². The molecule has 1 aliphatic rings. The number of benzene rings is 2. The molecule has 0 aromatic heterocycles. The fourth-order valence-electron chi connectivity index (χ4n) is 3.41. The van der Waals surface area contributed by atoms with Crippen LogP contribution >= 0.6 is 0 Å². The summed E-state index contributed by atoms with van der Waals surface area (Å²) in [5, 5.41) is 9.13. The van der Waals surface area contributed by atoms with Crippen LogP contribution in [0.2, 0.25) is 0 Å². The molecular weight excluding hydrogens is 383 g/mol. The normalized spacial score (nSPS) is 19.2. The quantitative estimate of drug-likeness (QED) is 0.797. The van der Waals surface area contributed by atoms with Crippen LogP contribution in [0.4, 0.5) is 4.39 Å². The molecule has 2 aromatic rings. The third-order valence-corrected chi connectivity index (χ3v) is 5.70. The van der Waals surface area contributed by atoms with Crippen LogP contribution in [0.15, 0.2) is 53.4 Å². The van der Waals surface area contributed by atoms with Crippen LogP contribution in [0.5, 0.6) is 0 Å². The third kappa shape index (κ3) is 4.17. The molecule has 0 fully saturated rings. The van der Waals surface area contributed by atoms with E-state index in [1.54, 1.807) is 36.4 Å². The lowest BCUT2D eigenvalue weighted by atomic mass is 9.87. The molecular formula is C21H23FO5S. The number of rotatable bonds is 6. The van der Waals surface area contributed by atoms with Crippen LogP contribution in [-0.2, 0) is 19.3 Å². The third-order valence-electron chi connectivity index (χ3n) is 4.58. The minimum absolute atomic E-state index is 0.0693. The number of hydrogen-bond donors (Lipinski definition) is 1. The van der Waals surface area contributed by atoms with E-state index in [1.807, 2.05) is 13.8 Å². The summed E-state index contributed by atoms with van der Waals surface area (Å²) >= 11 is 0. The summed E-state index contributed by atoms with van der Waals surface area (Å²) in [7, 11) is -3.32. The molecule has 1 aliphatic heterocycles. The zero-order chi connectivity index (χ0) is 20.5.